The minimum Gasteiger partial charge on any atom is -0.487 e. The number of para-hydroxylation sites is 2. The fourth-order valence-corrected chi connectivity index (χ4v) is 5.59. The van der Waals surface area contributed by atoms with E-state index in [-0.39, 0.29) is 30.5 Å². The molecule has 4 atom stereocenters. The Morgan fingerprint density at radius 1 is 0.909 bits per heavy atom. The predicted octanol–water partition coefficient (Wildman–Crippen LogP) is 5.96. The second kappa shape index (κ2) is 13.2. The van der Waals surface area contributed by atoms with Crippen molar-refractivity contribution in [3.8, 4) is 17.2 Å². The van der Waals surface area contributed by atoms with Gasteiger partial charge in [0.15, 0.2) is 0 Å². The number of carbonyl (C=O) groups is 2. The number of ether oxygens (including phenoxy) is 3. The molecule has 3 amide bonds. The van der Waals surface area contributed by atoms with E-state index in [1.165, 1.54) is 12.1 Å². The highest BCUT2D eigenvalue weighted by atomic mass is 19.1. The van der Waals surface area contributed by atoms with E-state index in [1.807, 2.05) is 60.7 Å². The summed E-state index contributed by atoms with van der Waals surface area (Å²) < 4.78 is 32.0. The van der Waals surface area contributed by atoms with Crippen molar-refractivity contribution in [1.82, 2.24) is 5.32 Å². The molecule has 1 saturated heterocycles. The van der Waals surface area contributed by atoms with Crippen LogP contribution in [0.1, 0.15) is 29.9 Å². The Hall–Kier alpha value is -4.93. The van der Waals surface area contributed by atoms with Crippen molar-refractivity contribution in [1.29, 1.82) is 0 Å². The van der Waals surface area contributed by atoms with Gasteiger partial charge < -0.3 is 35.3 Å². The Labute approximate surface area is 254 Å². The van der Waals surface area contributed by atoms with E-state index in [2.05, 4.69) is 16.0 Å². The van der Waals surface area contributed by atoms with Gasteiger partial charge in [-0.1, -0.05) is 42.5 Å². The molecule has 4 aromatic carbocycles. The summed E-state index contributed by atoms with van der Waals surface area (Å²) in [5.74, 6) is 1.22. The minimum atomic E-state index is -0.614. The first-order valence-electron chi connectivity index (χ1n) is 14.4. The maximum absolute atomic E-state index is 13.9. The van der Waals surface area contributed by atoms with E-state index in [1.54, 1.807) is 24.3 Å². The Balaban J connectivity index is 1.05. The number of carbonyl (C=O) groups excluding carboxylic acids is 2. The van der Waals surface area contributed by atoms with Gasteiger partial charge in [-0.05, 0) is 66.6 Å². The standard InChI is InChI=1S/C34H32FN3O6/c35-28-8-4-5-9-29(28)38-34(41)37-22-12-15-30-26(16-22)27-17-25(43-31(20-39)33(27)44-30)18-32(40)36-19-21-10-13-24(14-11-21)42-23-6-2-1-3-7-23/h1-16,25,27,31,33,39H,17-20H2,(H,36,40)(H2,37,38,41)/t25-,27+,31+,33-/m0/s1. The number of aliphatic hydroxyl groups is 1. The molecular formula is C34H32FN3O6. The highest BCUT2D eigenvalue weighted by Gasteiger charge is 2.46. The Bertz CT molecular complexity index is 1620. The zero-order valence-corrected chi connectivity index (χ0v) is 23.7. The van der Waals surface area contributed by atoms with Gasteiger partial charge in [-0.2, -0.15) is 0 Å². The van der Waals surface area contributed by atoms with E-state index in [0.717, 1.165) is 16.9 Å². The van der Waals surface area contributed by atoms with Crippen LogP contribution in [0.4, 0.5) is 20.6 Å². The molecule has 0 aliphatic carbocycles. The summed E-state index contributed by atoms with van der Waals surface area (Å²) in [7, 11) is 0. The largest absolute Gasteiger partial charge is 0.487 e. The number of halogens is 1. The van der Waals surface area contributed by atoms with Gasteiger partial charge in [0.1, 0.15) is 35.3 Å². The third kappa shape index (κ3) is 6.82. The lowest BCUT2D eigenvalue weighted by Crippen LogP contribution is -2.47. The van der Waals surface area contributed by atoms with Gasteiger partial charge in [-0.15, -0.1) is 0 Å². The second-order valence-corrected chi connectivity index (χ2v) is 10.8. The first-order valence-corrected chi connectivity index (χ1v) is 14.4. The van der Waals surface area contributed by atoms with E-state index >= 15 is 0 Å². The molecule has 0 spiro atoms. The van der Waals surface area contributed by atoms with Crippen LogP contribution in [-0.2, 0) is 16.1 Å². The van der Waals surface area contributed by atoms with Crippen molar-refractivity contribution in [3.05, 3.63) is 114 Å². The lowest BCUT2D eigenvalue weighted by molar-refractivity contribution is -0.142. The highest BCUT2D eigenvalue weighted by Crippen LogP contribution is 2.47. The molecule has 6 rings (SSSR count). The van der Waals surface area contributed by atoms with Crippen LogP contribution in [0.3, 0.4) is 0 Å². The molecular weight excluding hydrogens is 565 g/mol. The lowest BCUT2D eigenvalue weighted by atomic mass is 9.84. The third-order valence-electron chi connectivity index (χ3n) is 7.68. The van der Waals surface area contributed by atoms with Gasteiger partial charge in [-0.3, -0.25) is 4.79 Å². The fraction of sp³-hybridized carbons (Fsp3) is 0.235. The number of amides is 3. The number of benzene rings is 4. The van der Waals surface area contributed by atoms with Crippen LogP contribution in [0.5, 0.6) is 17.2 Å². The molecule has 0 saturated carbocycles. The molecule has 1 fully saturated rings. The molecule has 2 aliphatic heterocycles. The predicted molar refractivity (Wildman–Crippen MR) is 162 cm³/mol. The molecule has 0 bridgehead atoms. The number of aliphatic hydroxyl groups excluding tert-OH is 1. The Kier molecular flexibility index (Phi) is 8.71. The molecule has 9 nitrogen and oxygen atoms in total. The van der Waals surface area contributed by atoms with Gasteiger partial charge >= 0.3 is 6.03 Å². The summed E-state index contributed by atoms with van der Waals surface area (Å²) in [6.07, 6.45) is -0.860. The highest BCUT2D eigenvalue weighted by molar-refractivity contribution is 6.00. The number of nitrogens with one attached hydrogen (secondary N) is 3. The fourth-order valence-electron chi connectivity index (χ4n) is 5.59. The summed E-state index contributed by atoms with van der Waals surface area (Å²) in [5.41, 5.74) is 2.35. The van der Waals surface area contributed by atoms with Crippen molar-refractivity contribution in [2.75, 3.05) is 17.2 Å². The summed E-state index contributed by atoms with van der Waals surface area (Å²) in [4.78, 5) is 25.4. The maximum Gasteiger partial charge on any atom is 0.323 e. The number of rotatable bonds is 9. The number of hydrogen-bond acceptors (Lipinski definition) is 6. The summed E-state index contributed by atoms with van der Waals surface area (Å²) in [6.45, 7) is 0.0867. The van der Waals surface area contributed by atoms with E-state index in [9.17, 15) is 19.1 Å². The quantitative estimate of drug-likeness (QED) is 0.189. The second-order valence-electron chi connectivity index (χ2n) is 10.8. The van der Waals surface area contributed by atoms with Crippen LogP contribution >= 0.6 is 0 Å². The van der Waals surface area contributed by atoms with E-state index in [4.69, 9.17) is 14.2 Å². The zero-order chi connectivity index (χ0) is 30.5. The van der Waals surface area contributed by atoms with Crippen LogP contribution < -0.4 is 25.4 Å². The summed E-state index contributed by atoms with van der Waals surface area (Å²) in [5, 5.41) is 18.2. The number of anilines is 2. The smallest absolute Gasteiger partial charge is 0.323 e. The third-order valence-corrected chi connectivity index (χ3v) is 7.68. The number of fused-ring (bicyclic) bond motifs is 3. The molecule has 226 valence electrons. The zero-order valence-electron chi connectivity index (χ0n) is 23.7. The molecule has 0 unspecified atom stereocenters. The van der Waals surface area contributed by atoms with Crippen molar-refractivity contribution in [2.45, 2.75) is 43.6 Å². The number of hydrogen-bond donors (Lipinski definition) is 4. The van der Waals surface area contributed by atoms with Gasteiger partial charge in [0.2, 0.25) is 5.91 Å². The molecule has 0 aromatic heterocycles. The van der Waals surface area contributed by atoms with Crippen molar-refractivity contribution in [2.24, 2.45) is 0 Å². The molecule has 2 aliphatic rings. The van der Waals surface area contributed by atoms with Crippen molar-refractivity contribution >= 4 is 23.3 Å². The van der Waals surface area contributed by atoms with Gasteiger partial charge in [0, 0.05) is 23.7 Å². The first-order chi connectivity index (χ1) is 21.4. The Morgan fingerprint density at radius 2 is 1.66 bits per heavy atom. The monoisotopic (exact) mass is 597 g/mol. The van der Waals surface area contributed by atoms with Crippen LogP contribution in [0.25, 0.3) is 0 Å². The van der Waals surface area contributed by atoms with Crippen molar-refractivity contribution in [3.63, 3.8) is 0 Å². The summed E-state index contributed by atoms with van der Waals surface area (Å²) in [6, 6.07) is 27.6. The molecule has 0 radical (unpaired) electrons. The van der Waals surface area contributed by atoms with Crippen LogP contribution in [0, 0.1) is 5.82 Å². The first kappa shape index (κ1) is 29.2. The normalized spacial score (nSPS) is 20.0. The Morgan fingerprint density at radius 3 is 2.43 bits per heavy atom. The molecule has 4 N–H and O–H groups in total. The van der Waals surface area contributed by atoms with Crippen LogP contribution in [-0.4, -0.2) is 42.0 Å². The molecule has 44 heavy (non-hydrogen) atoms. The van der Waals surface area contributed by atoms with Gasteiger partial charge in [0.05, 0.1) is 24.8 Å². The van der Waals surface area contributed by atoms with Gasteiger partial charge in [0.25, 0.3) is 0 Å². The van der Waals surface area contributed by atoms with E-state index < -0.39 is 30.2 Å². The lowest BCUT2D eigenvalue weighted by Gasteiger charge is -2.37. The minimum absolute atomic E-state index is 0.0694. The van der Waals surface area contributed by atoms with Crippen molar-refractivity contribution < 1.29 is 33.3 Å². The average Bonchev–Trinajstić information content (AvgIpc) is 3.40. The average molecular weight is 598 g/mol. The SMILES string of the molecule is O=C(C[C@@H]1C[C@@H]2c3cc(NC(=O)Nc4ccccc4F)ccc3O[C@@H]2[C@@H](CO)O1)NCc1ccc(Oc2ccccc2)cc1. The summed E-state index contributed by atoms with van der Waals surface area (Å²) >= 11 is 0. The molecule has 4 aromatic rings. The van der Waals surface area contributed by atoms with Crippen LogP contribution in [0.2, 0.25) is 0 Å². The van der Waals surface area contributed by atoms with E-state index in [0.29, 0.717) is 30.2 Å². The number of urea groups is 1. The molecule has 2 heterocycles. The van der Waals surface area contributed by atoms with Crippen LogP contribution in [0.15, 0.2) is 97.1 Å². The molecule has 10 heteroatoms. The topological polar surface area (TPSA) is 118 Å². The van der Waals surface area contributed by atoms with Gasteiger partial charge in [-0.25, -0.2) is 9.18 Å². The maximum atomic E-state index is 13.9.